The van der Waals surface area contributed by atoms with E-state index in [4.69, 9.17) is 0 Å². The number of hydrogen-bond acceptors (Lipinski definition) is 3. The Balaban J connectivity index is 2.22. The molecule has 5 nitrogen and oxygen atoms in total. The minimum absolute atomic E-state index is 0.145. The second-order valence-corrected chi connectivity index (χ2v) is 5.68. The minimum Gasteiger partial charge on any atom is -0.326 e. The average molecular weight is 325 g/mol. The molecule has 0 atom stereocenters. The lowest BCUT2D eigenvalue weighted by Gasteiger charge is -2.13. The largest absolute Gasteiger partial charge is 0.326 e. The number of carbonyl (C=O) groups is 2. The minimum atomic E-state index is -0.148. The van der Waals surface area contributed by atoms with Gasteiger partial charge < -0.3 is 16.0 Å². The molecule has 0 saturated heterocycles. The molecule has 0 aromatic heterocycles. The maximum Gasteiger partial charge on any atom is 0.255 e. The van der Waals surface area contributed by atoms with Crippen LogP contribution in [0, 0.1) is 6.92 Å². The Morgan fingerprint density at radius 2 is 1.79 bits per heavy atom. The number of carbonyl (C=O) groups excluding carboxylic acids is 2. The molecule has 2 amide bonds. The molecule has 0 aliphatic heterocycles. The van der Waals surface area contributed by atoms with E-state index in [1.807, 2.05) is 50.4 Å². The van der Waals surface area contributed by atoms with Crippen LogP contribution >= 0.6 is 0 Å². The van der Waals surface area contributed by atoms with Crippen molar-refractivity contribution >= 4 is 23.2 Å². The van der Waals surface area contributed by atoms with Crippen LogP contribution in [-0.2, 0) is 11.2 Å². The van der Waals surface area contributed by atoms with Gasteiger partial charge in [0.15, 0.2) is 0 Å². The Labute approximate surface area is 142 Å². The van der Waals surface area contributed by atoms with Crippen molar-refractivity contribution in [3.63, 3.8) is 0 Å². The summed E-state index contributed by atoms with van der Waals surface area (Å²) in [6.07, 6.45) is 0.783. The van der Waals surface area contributed by atoms with Crippen LogP contribution in [0.3, 0.4) is 0 Å². The number of benzene rings is 2. The number of aryl methyl sites for hydroxylation is 1. The summed E-state index contributed by atoms with van der Waals surface area (Å²) in [5.74, 6) is -0.293. The molecule has 0 bridgehead atoms. The van der Waals surface area contributed by atoms with E-state index in [9.17, 15) is 9.59 Å². The number of anilines is 2. The molecule has 0 unspecified atom stereocenters. The van der Waals surface area contributed by atoms with Crippen molar-refractivity contribution in [3.05, 3.63) is 59.2 Å². The highest BCUT2D eigenvalue weighted by Crippen LogP contribution is 2.22. The van der Waals surface area contributed by atoms with Crippen molar-refractivity contribution in [1.82, 2.24) is 5.32 Å². The molecule has 0 spiro atoms. The molecule has 0 fully saturated rings. The molecular weight excluding hydrogens is 302 g/mol. The number of amides is 2. The molecule has 3 N–H and O–H groups in total. The molecule has 0 aliphatic carbocycles. The number of likely N-dealkylation sites (N-methyl/N-ethyl adjacent to an activating group) is 1. The first-order chi connectivity index (χ1) is 11.5. The fraction of sp³-hybridized carbons (Fsp3) is 0.263. The van der Waals surface area contributed by atoms with Crippen LogP contribution in [-0.4, -0.2) is 25.4 Å². The smallest absolute Gasteiger partial charge is 0.255 e. The summed E-state index contributed by atoms with van der Waals surface area (Å²) in [6, 6.07) is 13.0. The van der Waals surface area contributed by atoms with Gasteiger partial charge in [-0.15, -0.1) is 0 Å². The van der Waals surface area contributed by atoms with Crippen LogP contribution in [0.15, 0.2) is 42.5 Å². The van der Waals surface area contributed by atoms with Crippen molar-refractivity contribution in [2.45, 2.75) is 20.3 Å². The van der Waals surface area contributed by atoms with Gasteiger partial charge in [0.1, 0.15) is 0 Å². The molecule has 2 rings (SSSR count). The van der Waals surface area contributed by atoms with Crippen molar-refractivity contribution in [2.24, 2.45) is 0 Å². The van der Waals surface area contributed by atoms with Gasteiger partial charge in [-0.3, -0.25) is 9.59 Å². The zero-order valence-corrected chi connectivity index (χ0v) is 14.3. The molecule has 24 heavy (non-hydrogen) atoms. The normalized spacial score (nSPS) is 10.3. The van der Waals surface area contributed by atoms with Crippen LogP contribution in [0.4, 0.5) is 11.4 Å². The van der Waals surface area contributed by atoms with Gasteiger partial charge in [-0.05, 0) is 56.3 Å². The number of rotatable bonds is 6. The fourth-order valence-corrected chi connectivity index (χ4v) is 2.45. The third-order valence-corrected chi connectivity index (χ3v) is 3.71. The molecule has 0 aliphatic rings. The van der Waals surface area contributed by atoms with Gasteiger partial charge in [0.2, 0.25) is 5.91 Å². The summed E-state index contributed by atoms with van der Waals surface area (Å²) in [6.45, 7) is 4.18. The molecule has 5 heteroatoms. The first-order valence-electron chi connectivity index (χ1n) is 7.93. The lowest BCUT2D eigenvalue weighted by atomic mass is 10.0. The van der Waals surface area contributed by atoms with Gasteiger partial charge in [0.25, 0.3) is 5.91 Å². The van der Waals surface area contributed by atoms with Gasteiger partial charge in [-0.2, -0.15) is 0 Å². The average Bonchev–Trinajstić information content (AvgIpc) is 2.55. The van der Waals surface area contributed by atoms with E-state index >= 15 is 0 Å². The number of hydrogen-bond donors (Lipinski definition) is 3. The SMILES string of the molecule is CNCCc1ccccc1C(=O)Nc1cc(NC(C)=O)ccc1C. The Bertz CT molecular complexity index is 741. The first kappa shape index (κ1) is 17.7. The second kappa shape index (κ2) is 8.26. The zero-order valence-electron chi connectivity index (χ0n) is 14.3. The van der Waals surface area contributed by atoms with Gasteiger partial charge >= 0.3 is 0 Å². The van der Waals surface area contributed by atoms with Crippen LogP contribution in [0.1, 0.15) is 28.4 Å². The Morgan fingerprint density at radius 1 is 1.04 bits per heavy atom. The third kappa shape index (κ3) is 4.67. The Morgan fingerprint density at radius 3 is 2.50 bits per heavy atom. The highest BCUT2D eigenvalue weighted by molar-refractivity contribution is 6.06. The fourth-order valence-electron chi connectivity index (χ4n) is 2.45. The van der Waals surface area contributed by atoms with Gasteiger partial charge in [-0.1, -0.05) is 24.3 Å². The predicted molar refractivity (Wildman–Crippen MR) is 97.5 cm³/mol. The second-order valence-electron chi connectivity index (χ2n) is 5.68. The Hall–Kier alpha value is -2.66. The molecule has 126 valence electrons. The van der Waals surface area contributed by atoms with Crippen molar-refractivity contribution in [2.75, 3.05) is 24.2 Å². The first-order valence-corrected chi connectivity index (χ1v) is 7.93. The van der Waals surface area contributed by atoms with E-state index < -0.39 is 0 Å². The van der Waals surface area contributed by atoms with Crippen molar-refractivity contribution in [1.29, 1.82) is 0 Å². The third-order valence-electron chi connectivity index (χ3n) is 3.71. The maximum atomic E-state index is 12.7. The lowest BCUT2D eigenvalue weighted by molar-refractivity contribution is -0.114. The van der Waals surface area contributed by atoms with Crippen LogP contribution < -0.4 is 16.0 Å². The predicted octanol–water partition coefficient (Wildman–Crippen LogP) is 2.97. The lowest BCUT2D eigenvalue weighted by Crippen LogP contribution is -2.18. The van der Waals surface area contributed by atoms with E-state index in [1.54, 1.807) is 6.07 Å². The van der Waals surface area contributed by atoms with Crippen LogP contribution in [0.2, 0.25) is 0 Å². The molecule has 0 saturated carbocycles. The summed E-state index contributed by atoms with van der Waals surface area (Å²) in [5, 5.41) is 8.77. The quantitative estimate of drug-likeness (QED) is 0.765. The monoisotopic (exact) mass is 325 g/mol. The summed E-state index contributed by atoms with van der Waals surface area (Å²) < 4.78 is 0. The summed E-state index contributed by atoms with van der Waals surface area (Å²) >= 11 is 0. The molecular formula is C19H23N3O2. The highest BCUT2D eigenvalue weighted by atomic mass is 16.2. The van der Waals surface area contributed by atoms with Crippen molar-refractivity contribution in [3.8, 4) is 0 Å². The summed E-state index contributed by atoms with van der Waals surface area (Å²) in [5.41, 5.74) is 3.95. The molecule has 2 aromatic rings. The van der Waals surface area contributed by atoms with Gasteiger partial charge in [-0.25, -0.2) is 0 Å². The Kier molecular flexibility index (Phi) is 6.09. The van der Waals surface area contributed by atoms with E-state index in [2.05, 4.69) is 16.0 Å². The zero-order chi connectivity index (χ0) is 17.5. The van der Waals surface area contributed by atoms with Crippen LogP contribution in [0.5, 0.6) is 0 Å². The van der Waals surface area contributed by atoms with Gasteiger partial charge in [0.05, 0.1) is 0 Å². The van der Waals surface area contributed by atoms with E-state index in [1.165, 1.54) is 6.92 Å². The maximum absolute atomic E-state index is 12.7. The summed E-state index contributed by atoms with van der Waals surface area (Å²) in [4.78, 5) is 23.9. The highest BCUT2D eigenvalue weighted by Gasteiger charge is 2.12. The molecule has 0 radical (unpaired) electrons. The van der Waals surface area contributed by atoms with E-state index in [-0.39, 0.29) is 11.8 Å². The summed E-state index contributed by atoms with van der Waals surface area (Å²) in [7, 11) is 1.89. The molecule has 2 aromatic carbocycles. The van der Waals surface area contributed by atoms with E-state index in [0.717, 1.165) is 24.1 Å². The topological polar surface area (TPSA) is 70.2 Å². The van der Waals surface area contributed by atoms with E-state index in [0.29, 0.717) is 16.9 Å². The standard InChI is InChI=1S/C19H23N3O2/c1-13-8-9-16(21-14(2)23)12-18(13)22-19(24)17-7-5-4-6-15(17)10-11-20-3/h4-9,12,20H,10-11H2,1-3H3,(H,21,23)(H,22,24). The van der Waals surface area contributed by atoms with Crippen LogP contribution in [0.25, 0.3) is 0 Å². The van der Waals surface area contributed by atoms with Crippen molar-refractivity contribution < 1.29 is 9.59 Å². The number of nitrogens with one attached hydrogen (secondary N) is 3. The van der Waals surface area contributed by atoms with Gasteiger partial charge in [0, 0.05) is 23.9 Å². The molecule has 0 heterocycles.